The number of hydrogen-bond donors (Lipinski definition) is 2. The highest BCUT2D eigenvalue weighted by atomic mass is 127. The molecule has 0 amide bonds. The fraction of sp³-hybridized carbons (Fsp3) is 0.611. The smallest absolute Gasteiger partial charge is 0.191 e. The Hall–Kier alpha value is -0.540. The molecule has 140 valence electrons. The molecule has 2 fully saturated rings. The highest BCUT2D eigenvalue weighted by molar-refractivity contribution is 14.0. The maximum atomic E-state index is 5.65. The summed E-state index contributed by atoms with van der Waals surface area (Å²) in [5.74, 6) is 1.69. The summed E-state index contributed by atoms with van der Waals surface area (Å²) in [6.07, 6.45) is 3.80. The van der Waals surface area contributed by atoms with E-state index in [9.17, 15) is 0 Å². The first-order chi connectivity index (χ1) is 11.7. The number of rotatable bonds is 7. The van der Waals surface area contributed by atoms with Crippen LogP contribution in [0.4, 0.5) is 5.69 Å². The van der Waals surface area contributed by atoms with Gasteiger partial charge in [-0.1, -0.05) is 15.9 Å². The summed E-state index contributed by atoms with van der Waals surface area (Å²) in [7, 11) is 1.82. The first kappa shape index (κ1) is 20.8. The summed E-state index contributed by atoms with van der Waals surface area (Å²) in [4.78, 5) is 6.73. The predicted octanol–water partition coefficient (Wildman–Crippen LogP) is 3.24. The number of aliphatic imine (C=N–C) groups is 1. The van der Waals surface area contributed by atoms with Crippen LogP contribution in [0.2, 0.25) is 0 Å². The molecule has 0 spiro atoms. The van der Waals surface area contributed by atoms with E-state index in [2.05, 4.69) is 60.7 Å². The second kappa shape index (κ2) is 10.6. The number of halogens is 2. The fourth-order valence-corrected chi connectivity index (χ4v) is 3.19. The molecule has 3 rings (SSSR count). The molecule has 1 aromatic rings. The highest BCUT2D eigenvalue weighted by Crippen LogP contribution is 2.28. The molecule has 1 aliphatic heterocycles. The summed E-state index contributed by atoms with van der Waals surface area (Å²) < 4.78 is 6.77. The van der Waals surface area contributed by atoms with Crippen molar-refractivity contribution < 1.29 is 4.74 Å². The molecule has 1 aromatic carbocycles. The quantitative estimate of drug-likeness (QED) is 0.250. The van der Waals surface area contributed by atoms with Crippen molar-refractivity contribution in [2.75, 3.05) is 44.8 Å². The Labute approximate surface area is 176 Å². The molecule has 25 heavy (non-hydrogen) atoms. The van der Waals surface area contributed by atoms with Crippen LogP contribution in [-0.2, 0) is 4.74 Å². The minimum Gasteiger partial charge on any atom is -0.379 e. The second-order valence-corrected chi connectivity index (χ2v) is 7.49. The molecule has 5 nitrogen and oxygen atoms in total. The molecule has 2 N–H and O–H groups in total. The van der Waals surface area contributed by atoms with Crippen molar-refractivity contribution in [2.45, 2.75) is 25.3 Å². The van der Waals surface area contributed by atoms with Crippen LogP contribution < -0.4 is 15.5 Å². The van der Waals surface area contributed by atoms with Crippen molar-refractivity contribution in [3.05, 3.63) is 28.7 Å². The van der Waals surface area contributed by atoms with E-state index >= 15 is 0 Å². The number of nitrogens with one attached hydrogen (secondary N) is 2. The topological polar surface area (TPSA) is 48.9 Å². The van der Waals surface area contributed by atoms with Gasteiger partial charge in [0.2, 0.25) is 0 Å². The van der Waals surface area contributed by atoms with Crippen molar-refractivity contribution in [3.63, 3.8) is 0 Å². The van der Waals surface area contributed by atoms with Crippen LogP contribution in [0.1, 0.15) is 19.3 Å². The van der Waals surface area contributed by atoms with Gasteiger partial charge in [-0.25, -0.2) is 0 Å². The lowest BCUT2D eigenvalue weighted by atomic mass is 10.3. The van der Waals surface area contributed by atoms with Gasteiger partial charge in [-0.3, -0.25) is 4.99 Å². The Morgan fingerprint density at radius 2 is 2.04 bits per heavy atom. The largest absolute Gasteiger partial charge is 0.379 e. The average Bonchev–Trinajstić information content (AvgIpc) is 3.31. The first-order valence-corrected chi connectivity index (χ1v) is 9.59. The fourth-order valence-electron chi connectivity index (χ4n) is 2.93. The van der Waals surface area contributed by atoms with Gasteiger partial charge in [-0.2, -0.15) is 0 Å². The van der Waals surface area contributed by atoms with E-state index in [-0.39, 0.29) is 24.0 Å². The van der Waals surface area contributed by atoms with E-state index in [0.29, 0.717) is 6.04 Å². The van der Waals surface area contributed by atoms with Crippen LogP contribution in [0.15, 0.2) is 33.7 Å². The second-order valence-electron chi connectivity index (χ2n) is 6.57. The molecule has 0 bridgehead atoms. The van der Waals surface area contributed by atoms with E-state index in [1.54, 1.807) is 0 Å². The molecule has 7 heteroatoms. The van der Waals surface area contributed by atoms with Gasteiger partial charge in [0.25, 0.3) is 0 Å². The summed E-state index contributed by atoms with van der Waals surface area (Å²) >= 11 is 3.49. The van der Waals surface area contributed by atoms with Gasteiger partial charge in [0.1, 0.15) is 0 Å². The minimum absolute atomic E-state index is 0. The lowest BCUT2D eigenvalue weighted by Crippen LogP contribution is -2.45. The summed E-state index contributed by atoms with van der Waals surface area (Å²) in [6, 6.07) is 8.94. The Kier molecular flexibility index (Phi) is 8.78. The van der Waals surface area contributed by atoms with E-state index in [0.717, 1.165) is 55.6 Å². The Morgan fingerprint density at radius 1 is 1.28 bits per heavy atom. The Balaban J connectivity index is 0.00000225. The number of benzene rings is 1. The lowest BCUT2D eigenvalue weighted by Gasteiger charge is -2.20. The van der Waals surface area contributed by atoms with Gasteiger partial charge in [0.15, 0.2) is 5.96 Å². The molecule has 1 heterocycles. The Bertz CT molecular complexity index is 551. The summed E-state index contributed by atoms with van der Waals surface area (Å²) in [5.41, 5.74) is 1.28. The van der Waals surface area contributed by atoms with Crippen LogP contribution in [0, 0.1) is 5.92 Å². The molecule has 1 saturated heterocycles. The van der Waals surface area contributed by atoms with E-state index in [1.807, 2.05) is 7.05 Å². The summed E-state index contributed by atoms with van der Waals surface area (Å²) in [5, 5.41) is 6.86. The van der Waals surface area contributed by atoms with Gasteiger partial charge in [0.05, 0.1) is 6.61 Å². The molecular formula is C18H28BrIN4O. The van der Waals surface area contributed by atoms with Gasteiger partial charge in [0, 0.05) is 49.5 Å². The van der Waals surface area contributed by atoms with Gasteiger partial charge >= 0.3 is 0 Å². The zero-order valence-electron chi connectivity index (χ0n) is 14.7. The Morgan fingerprint density at radius 3 is 2.72 bits per heavy atom. The first-order valence-electron chi connectivity index (χ1n) is 8.80. The number of anilines is 1. The van der Waals surface area contributed by atoms with Crippen LogP contribution in [0.3, 0.4) is 0 Å². The predicted molar refractivity (Wildman–Crippen MR) is 118 cm³/mol. The van der Waals surface area contributed by atoms with Gasteiger partial charge in [-0.05, 0) is 49.4 Å². The zero-order chi connectivity index (χ0) is 16.8. The van der Waals surface area contributed by atoms with Gasteiger partial charge in [-0.15, -0.1) is 24.0 Å². The summed E-state index contributed by atoms with van der Waals surface area (Å²) in [6.45, 7) is 4.53. The third kappa shape index (κ3) is 6.94. The minimum atomic E-state index is 0. The third-order valence-corrected chi connectivity index (χ3v) is 5.06. The van der Waals surface area contributed by atoms with Gasteiger partial charge < -0.3 is 20.3 Å². The molecule has 2 aliphatic rings. The number of ether oxygens (including phenoxy) is 1. The molecule has 0 aromatic heterocycles. The maximum Gasteiger partial charge on any atom is 0.191 e. The standard InChI is InChI=1S/C18H27BrN4O.HI/c1-20-18(21-9-11-24-13-14-2-3-14)22-16-8-10-23(12-16)17-6-4-15(19)5-7-17;/h4-7,14,16H,2-3,8-13H2,1H3,(H2,20,21,22);1H. The van der Waals surface area contributed by atoms with Crippen LogP contribution in [0.25, 0.3) is 0 Å². The molecule has 1 atom stereocenters. The number of guanidine groups is 1. The maximum absolute atomic E-state index is 5.65. The monoisotopic (exact) mass is 522 g/mol. The van der Waals surface area contributed by atoms with E-state index in [1.165, 1.54) is 18.5 Å². The molecule has 1 saturated carbocycles. The zero-order valence-corrected chi connectivity index (χ0v) is 18.6. The number of hydrogen-bond acceptors (Lipinski definition) is 3. The highest BCUT2D eigenvalue weighted by Gasteiger charge is 2.23. The number of nitrogens with zero attached hydrogens (tertiary/aromatic N) is 2. The van der Waals surface area contributed by atoms with Crippen molar-refractivity contribution in [1.29, 1.82) is 0 Å². The van der Waals surface area contributed by atoms with Crippen LogP contribution >= 0.6 is 39.9 Å². The molecular weight excluding hydrogens is 495 g/mol. The molecule has 1 aliphatic carbocycles. The SMILES string of the molecule is CN=C(NCCOCC1CC1)NC1CCN(c2ccc(Br)cc2)C1.I. The van der Waals surface area contributed by atoms with Crippen molar-refractivity contribution >= 4 is 51.6 Å². The normalized spacial score (nSPS) is 20.3. The van der Waals surface area contributed by atoms with Crippen molar-refractivity contribution in [1.82, 2.24) is 10.6 Å². The van der Waals surface area contributed by atoms with Crippen molar-refractivity contribution in [3.8, 4) is 0 Å². The molecule has 1 unspecified atom stereocenters. The van der Waals surface area contributed by atoms with Crippen LogP contribution in [-0.4, -0.2) is 51.9 Å². The van der Waals surface area contributed by atoms with E-state index in [4.69, 9.17) is 4.74 Å². The molecule has 0 radical (unpaired) electrons. The van der Waals surface area contributed by atoms with Crippen molar-refractivity contribution in [2.24, 2.45) is 10.9 Å². The van der Waals surface area contributed by atoms with Crippen LogP contribution in [0.5, 0.6) is 0 Å². The van der Waals surface area contributed by atoms with E-state index < -0.39 is 0 Å². The average molecular weight is 523 g/mol. The third-order valence-electron chi connectivity index (χ3n) is 4.53. The lowest BCUT2D eigenvalue weighted by molar-refractivity contribution is 0.129.